The molecule has 0 unspecified atom stereocenters. The van der Waals surface area contributed by atoms with Gasteiger partial charge in [0.25, 0.3) is 0 Å². The highest BCUT2D eigenvalue weighted by molar-refractivity contribution is 6.40. The molecule has 0 aromatic heterocycles. The number of alkyl halides is 2. The average Bonchev–Trinajstić information content (AvgIpc) is 2.08. The van der Waals surface area contributed by atoms with Crippen molar-refractivity contribution in [2.45, 2.75) is 0 Å². The molecule has 0 heterocycles. The van der Waals surface area contributed by atoms with Crippen molar-refractivity contribution in [2.24, 2.45) is 0 Å². The quantitative estimate of drug-likeness (QED) is 0.569. The van der Waals surface area contributed by atoms with Crippen LogP contribution in [0.2, 0.25) is 0 Å². The third kappa shape index (κ3) is 7.54. The van der Waals surface area contributed by atoms with Crippen LogP contribution in [0.5, 0.6) is 0 Å². The number of hydrogen-bond acceptors (Lipinski definition) is 2. The van der Waals surface area contributed by atoms with Crippen molar-refractivity contribution in [3.63, 3.8) is 0 Å². The number of halogens is 2. The van der Waals surface area contributed by atoms with Gasteiger partial charge in [-0.1, -0.05) is 30.3 Å². The highest BCUT2D eigenvalue weighted by Crippen LogP contribution is 1.91. The van der Waals surface area contributed by atoms with Crippen molar-refractivity contribution >= 4 is 29.5 Å². The second kappa shape index (κ2) is 10.4. The molecule has 0 bridgehead atoms. The van der Waals surface area contributed by atoms with Crippen LogP contribution in [-0.4, -0.2) is 11.6 Å². The summed E-state index contributed by atoms with van der Waals surface area (Å²) in [5, 5.41) is 0.194. The van der Waals surface area contributed by atoms with Crippen LogP contribution in [0.1, 0.15) is 10.4 Å². The molecule has 12 heavy (non-hydrogen) atoms. The van der Waals surface area contributed by atoms with E-state index in [-0.39, 0.29) is 11.5 Å². The summed E-state index contributed by atoms with van der Waals surface area (Å²) in [5.41, 5.74) is 0.729. The SMILES string of the molecule is ClCCl.N.O=Cc1ccccc1. The molecule has 0 saturated carbocycles. The Bertz CT molecular complexity index is 192. The van der Waals surface area contributed by atoms with E-state index >= 15 is 0 Å². The van der Waals surface area contributed by atoms with Crippen molar-refractivity contribution in [3.05, 3.63) is 35.9 Å². The van der Waals surface area contributed by atoms with Gasteiger partial charge in [0.2, 0.25) is 0 Å². The molecule has 1 aromatic rings. The van der Waals surface area contributed by atoms with Gasteiger partial charge in [0.1, 0.15) is 6.29 Å². The first-order valence-corrected chi connectivity index (χ1v) is 4.04. The first-order valence-electron chi connectivity index (χ1n) is 2.97. The number of aldehydes is 1. The van der Waals surface area contributed by atoms with E-state index in [2.05, 4.69) is 0 Å². The maximum absolute atomic E-state index is 10.0. The van der Waals surface area contributed by atoms with Crippen molar-refractivity contribution in [3.8, 4) is 0 Å². The molecule has 1 rings (SSSR count). The maximum Gasteiger partial charge on any atom is 0.150 e. The van der Waals surface area contributed by atoms with Gasteiger partial charge in [-0.25, -0.2) is 0 Å². The molecular weight excluding hydrogens is 197 g/mol. The number of hydrogen-bond donors (Lipinski definition) is 1. The van der Waals surface area contributed by atoms with Crippen molar-refractivity contribution in [2.75, 3.05) is 5.34 Å². The summed E-state index contributed by atoms with van der Waals surface area (Å²) < 4.78 is 0. The van der Waals surface area contributed by atoms with Crippen LogP contribution in [0, 0.1) is 0 Å². The van der Waals surface area contributed by atoms with Gasteiger partial charge in [0.15, 0.2) is 0 Å². The van der Waals surface area contributed by atoms with Gasteiger partial charge in [-0.3, -0.25) is 4.79 Å². The number of rotatable bonds is 1. The largest absolute Gasteiger partial charge is 0.344 e. The number of carbonyl (C=O) groups excluding carboxylic acids is 1. The second-order valence-corrected chi connectivity index (χ2v) is 2.44. The molecule has 0 saturated heterocycles. The van der Waals surface area contributed by atoms with Gasteiger partial charge in [-0.05, 0) is 0 Å². The van der Waals surface area contributed by atoms with Gasteiger partial charge in [-0.2, -0.15) is 0 Å². The second-order valence-electron chi connectivity index (χ2n) is 1.63. The summed E-state index contributed by atoms with van der Waals surface area (Å²) in [4.78, 5) is 10.0. The molecule has 4 heteroatoms. The van der Waals surface area contributed by atoms with E-state index in [4.69, 9.17) is 23.2 Å². The Hall–Kier alpha value is -0.570. The summed E-state index contributed by atoms with van der Waals surface area (Å²) in [6.45, 7) is 0. The monoisotopic (exact) mass is 207 g/mol. The summed E-state index contributed by atoms with van der Waals surface area (Å²) in [7, 11) is 0. The molecule has 3 N–H and O–H groups in total. The maximum atomic E-state index is 10.0. The molecule has 0 fully saturated rings. The standard InChI is InChI=1S/C7H6O.CH2Cl2.H3N/c8-6-7-4-2-1-3-5-7;2-1-3;/h1-6H;1H2;1H3. The highest BCUT2D eigenvalue weighted by atomic mass is 35.5. The fraction of sp³-hybridized carbons (Fsp3) is 0.125. The van der Waals surface area contributed by atoms with E-state index in [9.17, 15) is 4.79 Å². The normalized spacial score (nSPS) is 7.17. The molecule has 0 aliphatic carbocycles. The molecule has 0 radical (unpaired) electrons. The molecule has 0 spiro atoms. The third-order valence-electron chi connectivity index (χ3n) is 0.936. The van der Waals surface area contributed by atoms with Gasteiger partial charge in [-0.15, -0.1) is 23.2 Å². The molecule has 2 nitrogen and oxygen atoms in total. The third-order valence-corrected chi connectivity index (χ3v) is 0.936. The van der Waals surface area contributed by atoms with Gasteiger partial charge >= 0.3 is 0 Å². The Morgan fingerprint density at radius 2 is 1.58 bits per heavy atom. The van der Waals surface area contributed by atoms with Crippen LogP contribution < -0.4 is 6.15 Å². The minimum absolute atomic E-state index is 0. The van der Waals surface area contributed by atoms with E-state index in [1.807, 2.05) is 18.2 Å². The predicted molar refractivity (Wildman–Crippen MR) is 53.4 cm³/mol. The first kappa shape index (κ1) is 14.0. The Balaban J connectivity index is 0. The smallest absolute Gasteiger partial charge is 0.150 e. The number of benzene rings is 1. The summed E-state index contributed by atoms with van der Waals surface area (Å²) in [6, 6.07) is 9.10. The van der Waals surface area contributed by atoms with E-state index < -0.39 is 0 Å². The molecule has 0 aliphatic rings. The fourth-order valence-corrected chi connectivity index (χ4v) is 0.532. The molecule has 0 atom stereocenters. The lowest BCUT2D eigenvalue weighted by Gasteiger charge is -1.81. The average molecular weight is 208 g/mol. The summed E-state index contributed by atoms with van der Waals surface area (Å²) in [5.74, 6) is 0. The highest BCUT2D eigenvalue weighted by Gasteiger charge is 1.79. The fourth-order valence-electron chi connectivity index (χ4n) is 0.532. The van der Waals surface area contributed by atoms with Gasteiger partial charge in [0, 0.05) is 5.56 Å². The molecule has 1 aromatic carbocycles. The Morgan fingerprint density at radius 1 is 1.17 bits per heavy atom. The Kier molecular flexibility index (Phi) is 12.2. The minimum atomic E-state index is 0. The lowest BCUT2D eigenvalue weighted by atomic mass is 10.2. The van der Waals surface area contributed by atoms with Crippen molar-refractivity contribution in [1.82, 2.24) is 6.15 Å². The van der Waals surface area contributed by atoms with Crippen LogP contribution in [-0.2, 0) is 0 Å². The lowest BCUT2D eigenvalue weighted by molar-refractivity contribution is 0.112. The van der Waals surface area contributed by atoms with Crippen LogP contribution in [0.3, 0.4) is 0 Å². The van der Waals surface area contributed by atoms with Crippen LogP contribution in [0.4, 0.5) is 0 Å². The van der Waals surface area contributed by atoms with Crippen LogP contribution in [0.15, 0.2) is 30.3 Å². The molecule has 0 aliphatic heterocycles. The van der Waals surface area contributed by atoms with E-state index in [0.29, 0.717) is 0 Å². The Morgan fingerprint density at radius 3 is 1.83 bits per heavy atom. The predicted octanol–water partition coefficient (Wildman–Crippen LogP) is 3.08. The van der Waals surface area contributed by atoms with Gasteiger partial charge < -0.3 is 6.15 Å². The molecule has 0 amide bonds. The zero-order valence-electron chi connectivity index (χ0n) is 6.54. The number of carbonyl (C=O) groups is 1. The molecule has 68 valence electrons. The lowest BCUT2D eigenvalue weighted by Crippen LogP contribution is -1.73. The summed E-state index contributed by atoms with van der Waals surface area (Å²) >= 11 is 9.53. The molecular formula is C8H11Cl2NO. The minimum Gasteiger partial charge on any atom is -0.344 e. The zero-order chi connectivity index (χ0) is 8.53. The van der Waals surface area contributed by atoms with Crippen LogP contribution in [0.25, 0.3) is 0 Å². The van der Waals surface area contributed by atoms with E-state index in [0.717, 1.165) is 11.8 Å². The van der Waals surface area contributed by atoms with E-state index in [1.165, 1.54) is 0 Å². The van der Waals surface area contributed by atoms with Gasteiger partial charge in [0.05, 0.1) is 5.34 Å². The van der Waals surface area contributed by atoms with Crippen LogP contribution >= 0.6 is 23.2 Å². The van der Waals surface area contributed by atoms with Crippen molar-refractivity contribution < 1.29 is 4.79 Å². The summed E-state index contributed by atoms with van der Waals surface area (Å²) in [6.07, 6.45) is 0.833. The van der Waals surface area contributed by atoms with E-state index in [1.54, 1.807) is 12.1 Å². The zero-order valence-corrected chi connectivity index (χ0v) is 8.05. The topological polar surface area (TPSA) is 52.1 Å². The first-order chi connectivity index (χ1) is 5.35. The van der Waals surface area contributed by atoms with Crippen molar-refractivity contribution in [1.29, 1.82) is 0 Å². The Labute approximate surface area is 82.1 Å².